The number of hydrogen-bond acceptors (Lipinski definition) is 5. The molecule has 0 radical (unpaired) electrons. The SMILES string of the molecule is O=c1ccc2cnc(Nc3ccc(N4CCC(O)CC4)cc3)cc2n1C1CC2CCC1C2. The summed E-state index contributed by atoms with van der Waals surface area (Å²) in [5, 5.41) is 14.2. The van der Waals surface area contributed by atoms with Gasteiger partial charge in [-0.1, -0.05) is 6.42 Å². The molecule has 1 aromatic carbocycles. The number of pyridine rings is 2. The zero-order chi connectivity index (χ0) is 21.7. The highest BCUT2D eigenvalue weighted by Gasteiger charge is 2.41. The van der Waals surface area contributed by atoms with Crippen LogP contribution in [0.5, 0.6) is 0 Å². The van der Waals surface area contributed by atoms with Gasteiger partial charge in [-0.3, -0.25) is 4.79 Å². The van der Waals surface area contributed by atoms with Crippen molar-refractivity contribution in [2.75, 3.05) is 23.3 Å². The van der Waals surface area contributed by atoms with Crippen LogP contribution in [0.15, 0.2) is 53.5 Å². The molecule has 6 rings (SSSR count). The van der Waals surface area contributed by atoms with Crippen molar-refractivity contribution in [1.82, 2.24) is 9.55 Å². The molecule has 2 aromatic heterocycles. The molecule has 3 unspecified atom stereocenters. The van der Waals surface area contributed by atoms with Gasteiger partial charge < -0.3 is 19.9 Å². The number of nitrogens with zero attached hydrogens (tertiary/aromatic N) is 3. The van der Waals surface area contributed by atoms with Gasteiger partial charge >= 0.3 is 0 Å². The van der Waals surface area contributed by atoms with E-state index in [1.54, 1.807) is 6.07 Å². The summed E-state index contributed by atoms with van der Waals surface area (Å²) in [5.41, 5.74) is 3.24. The van der Waals surface area contributed by atoms with Crippen molar-refractivity contribution in [3.63, 3.8) is 0 Å². The Labute approximate surface area is 187 Å². The van der Waals surface area contributed by atoms with E-state index < -0.39 is 0 Å². The summed E-state index contributed by atoms with van der Waals surface area (Å²) in [6.07, 6.45) is 8.32. The molecule has 32 heavy (non-hydrogen) atoms. The molecule has 6 heteroatoms. The second kappa shape index (κ2) is 7.93. The third-order valence-electron chi connectivity index (χ3n) is 7.82. The molecule has 2 N–H and O–H groups in total. The summed E-state index contributed by atoms with van der Waals surface area (Å²) in [5.74, 6) is 2.18. The van der Waals surface area contributed by atoms with Gasteiger partial charge in [0.05, 0.1) is 11.6 Å². The quantitative estimate of drug-likeness (QED) is 0.639. The first-order valence-electron chi connectivity index (χ1n) is 12.0. The van der Waals surface area contributed by atoms with E-state index in [-0.39, 0.29) is 11.7 Å². The van der Waals surface area contributed by atoms with Crippen LogP contribution in [0.25, 0.3) is 10.9 Å². The van der Waals surface area contributed by atoms with Crippen LogP contribution >= 0.6 is 0 Å². The summed E-state index contributed by atoms with van der Waals surface area (Å²) in [4.78, 5) is 19.8. The second-order valence-electron chi connectivity index (χ2n) is 9.80. The number of rotatable bonds is 4. The van der Waals surface area contributed by atoms with Crippen LogP contribution in [0, 0.1) is 11.8 Å². The Kier molecular flexibility index (Phi) is 4.90. The fourth-order valence-electron chi connectivity index (χ4n) is 6.12. The maximum Gasteiger partial charge on any atom is 0.251 e. The highest BCUT2D eigenvalue weighted by Crippen LogP contribution is 2.50. The molecule has 3 aromatic rings. The van der Waals surface area contributed by atoms with Gasteiger partial charge in [-0.2, -0.15) is 0 Å². The Balaban J connectivity index is 1.26. The van der Waals surface area contributed by atoms with E-state index in [9.17, 15) is 9.90 Å². The van der Waals surface area contributed by atoms with Crippen molar-refractivity contribution in [3.05, 3.63) is 59.0 Å². The van der Waals surface area contributed by atoms with Gasteiger partial charge in [0.2, 0.25) is 0 Å². The van der Waals surface area contributed by atoms with Gasteiger partial charge in [-0.15, -0.1) is 0 Å². The van der Waals surface area contributed by atoms with Crippen LogP contribution in [-0.2, 0) is 0 Å². The predicted molar refractivity (Wildman–Crippen MR) is 128 cm³/mol. The number of fused-ring (bicyclic) bond motifs is 3. The van der Waals surface area contributed by atoms with Crippen LogP contribution in [0.4, 0.5) is 17.2 Å². The summed E-state index contributed by atoms with van der Waals surface area (Å²) >= 11 is 0. The van der Waals surface area contributed by atoms with Gasteiger partial charge in [-0.25, -0.2) is 4.98 Å². The van der Waals surface area contributed by atoms with Crippen LogP contribution < -0.4 is 15.8 Å². The minimum Gasteiger partial charge on any atom is -0.393 e. The molecule has 166 valence electrons. The van der Waals surface area contributed by atoms with Gasteiger partial charge in [0, 0.05) is 54.2 Å². The largest absolute Gasteiger partial charge is 0.393 e. The maximum absolute atomic E-state index is 12.9. The Morgan fingerprint density at radius 3 is 2.50 bits per heavy atom. The standard InChI is InChI=1S/C26H30N4O2/c31-22-9-11-29(12-10-22)21-6-4-20(5-7-21)28-25-15-24-19(16-27-25)3-8-26(32)30(24)23-14-17-1-2-18(23)13-17/h3-8,15-18,22-23,31H,1-2,9-14H2,(H,27,28). The first-order chi connectivity index (χ1) is 15.6. The molecule has 1 saturated heterocycles. The van der Waals surface area contributed by atoms with Gasteiger partial charge in [0.25, 0.3) is 5.56 Å². The molecule has 3 fully saturated rings. The van der Waals surface area contributed by atoms with E-state index in [2.05, 4.69) is 39.5 Å². The zero-order valence-corrected chi connectivity index (χ0v) is 18.3. The number of nitrogens with one attached hydrogen (secondary N) is 1. The van der Waals surface area contributed by atoms with Crippen molar-refractivity contribution in [3.8, 4) is 0 Å². The summed E-state index contributed by atoms with van der Waals surface area (Å²) < 4.78 is 2.04. The van der Waals surface area contributed by atoms with Crippen molar-refractivity contribution in [1.29, 1.82) is 0 Å². The molecule has 6 nitrogen and oxygen atoms in total. The lowest BCUT2D eigenvalue weighted by Crippen LogP contribution is -2.35. The first kappa shape index (κ1) is 19.8. The monoisotopic (exact) mass is 430 g/mol. The lowest BCUT2D eigenvalue weighted by atomic mass is 9.94. The average Bonchev–Trinajstić information content (AvgIpc) is 3.44. The van der Waals surface area contributed by atoms with Crippen molar-refractivity contribution in [2.24, 2.45) is 11.8 Å². The average molecular weight is 431 g/mol. The molecular weight excluding hydrogens is 400 g/mol. The maximum atomic E-state index is 12.9. The second-order valence-corrected chi connectivity index (χ2v) is 9.80. The van der Waals surface area contributed by atoms with Gasteiger partial charge in [0.1, 0.15) is 5.82 Å². The summed E-state index contributed by atoms with van der Waals surface area (Å²) in [6, 6.07) is 14.3. The molecule has 3 aliphatic rings. The number of aliphatic hydroxyl groups excluding tert-OH is 1. The number of aliphatic hydroxyl groups is 1. The normalized spacial score (nSPS) is 25.5. The molecule has 0 amide bonds. The smallest absolute Gasteiger partial charge is 0.251 e. The number of benzene rings is 1. The highest BCUT2D eigenvalue weighted by molar-refractivity contribution is 5.81. The van der Waals surface area contributed by atoms with E-state index in [4.69, 9.17) is 0 Å². The third-order valence-corrected chi connectivity index (χ3v) is 7.82. The molecule has 2 bridgehead atoms. The third kappa shape index (κ3) is 3.56. The lowest BCUT2D eigenvalue weighted by molar-refractivity contribution is 0.145. The van der Waals surface area contributed by atoms with Crippen molar-refractivity contribution < 1.29 is 5.11 Å². The Hall–Kier alpha value is -2.86. The fourth-order valence-corrected chi connectivity index (χ4v) is 6.12. The Morgan fingerprint density at radius 1 is 0.969 bits per heavy atom. The molecule has 1 aliphatic heterocycles. The van der Waals surface area contributed by atoms with Crippen LogP contribution in [0.1, 0.15) is 44.6 Å². The molecule has 3 atom stereocenters. The summed E-state index contributed by atoms with van der Waals surface area (Å²) in [7, 11) is 0. The van der Waals surface area contributed by atoms with Crippen LogP contribution in [0.2, 0.25) is 0 Å². The number of aromatic nitrogens is 2. The lowest BCUT2D eigenvalue weighted by Gasteiger charge is -2.31. The Bertz CT molecular complexity index is 1180. The first-order valence-corrected chi connectivity index (χ1v) is 12.0. The fraction of sp³-hybridized carbons (Fsp3) is 0.462. The Morgan fingerprint density at radius 2 is 1.78 bits per heavy atom. The number of piperidine rings is 1. The number of anilines is 3. The van der Waals surface area contributed by atoms with E-state index in [0.29, 0.717) is 12.0 Å². The topological polar surface area (TPSA) is 70.4 Å². The van der Waals surface area contributed by atoms with Gasteiger partial charge in [-0.05, 0) is 74.3 Å². The van der Waals surface area contributed by atoms with Crippen molar-refractivity contribution >= 4 is 28.1 Å². The van der Waals surface area contributed by atoms with E-state index in [1.165, 1.54) is 24.9 Å². The molecule has 0 spiro atoms. The molecule has 2 aliphatic carbocycles. The minimum absolute atomic E-state index is 0.100. The zero-order valence-electron chi connectivity index (χ0n) is 18.3. The molecule has 3 heterocycles. The number of hydrogen-bond donors (Lipinski definition) is 2. The van der Waals surface area contributed by atoms with Gasteiger partial charge in [0.15, 0.2) is 0 Å². The highest BCUT2D eigenvalue weighted by atomic mass is 16.3. The van der Waals surface area contributed by atoms with E-state index in [0.717, 1.165) is 60.7 Å². The van der Waals surface area contributed by atoms with E-state index in [1.807, 2.05) is 22.9 Å². The molecular formula is C26H30N4O2. The predicted octanol–water partition coefficient (Wildman–Crippen LogP) is 4.46. The van der Waals surface area contributed by atoms with Crippen LogP contribution in [-0.4, -0.2) is 33.9 Å². The minimum atomic E-state index is -0.164. The van der Waals surface area contributed by atoms with Crippen molar-refractivity contribution in [2.45, 2.75) is 50.7 Å². The van der Waals surface area contributed by atoms with E-state index >= 15 is 0 Å². The van der Waals surface area contributed by atoms with Crippen LogP contribution in [0.3, 0.4) is 0 Å². The molecule has 2 saturated carbocycles. The summed E-state index contributed by atoms with van der Waals surface area (Å²) in [6.45, 7) is 1.78.